The monoisotopic (exact) mass is 558 g/mol. The first-order valence-corrected chi connectivity index (χ1v) is 15.7. The first kappa shape index (κ1) is 25.4. The zero-order chi connectivity index (χ0) is 29.4. The Labute approximate surface area is 259 Å². The number of hydrogen-bond acceptors (Lipinski definition) is 0. The van der Waals surface area contributed by atoms with Gasteiger partial charge in [0.15, 0.2) is 0 Å². The maximum absolute atomic E-state index is 2.56. The van der Waals surface area contributed by atoms with E-state index in [4.69, 9.17) is 0 Å². The molecule has 0 nitrogen and oxygen atoms in total. The van der Waals surface area contributed by atoms with Gasteiger partial charge in [-0.1, -0.05) is 176 Å². The predicted molar refractivity (Wildman–Crippen MR) is 191 cm³/mol. The van der Waals surface area contributed by atoms with Crippen LogP contribution in [0.1, 0.15) is 25.0 Å². The Kier molecular flexibility index (Phi) is 5.44. The van der Waals surface area contributed by atoms with Crippen LogP contribution in [0.5, 0.6) is 0 Å². The summed E-state index contributed by atoms with van der Waals surface area (Å²) in [4.78, 5) is 0. The Balaban J connectivity index is 1.54. The third-order valence-electron chi connectivity index (χ3n) is 10.1. The fourth-order valence-corrected chi connectivity index (χ4v) is 8.13. The summed E-state index contributed by atoms with van der Waals surface area (Å²) in [6.45, 7) is 4.96. The highest BCUT2D eigenvalue weighted by atomic mass is 14.3. The van der Waals surface area contributed by atoms with Gasteiger partial charge >= 0.3 is 0 Å². The van der Waals surface area contributed by atoms with E-state index in [1.165, 1.54) is 82.1 Å². The van der Waals surface area contributed by atoms with Gasteiger partial charge in [0.2, 0.25) is 6.71 Å². The molecule has 0 N–H and O–H groups in total. The van der Waals surface area contributed by atoms with E-state index in [1.807, 2.05) is 0 Å². The van der Waals surface area contributed by atoms with Crippen molar-refractivity contribution < 1.29 is 0 Å². The summed E-state index contributed by atoms with van der Waals surface area (Å²) >= 11 is 0. The molecule has 1 aliphatic rings. The van der Waals surface area contributed by atoms with E-state index >= 15 is 0 Å². The standard InChI is InChI=1S/C43H31B/c1-43(2)36-20-12-13-21-38(36)44(31-18-10-5-11-19-31)39-27-35-34(29-16-8-4-9-17-29)26-33(28-14-6-3-7-15-28)32-24-22-30-23-25-37(43)42(39)40(30)41(32)35/h3-27H,1-2H3. The van der Waals surface area contributed by atoms with Gasteiger partial charge in [-0.3, -0.25) is 0 Å². The smallest absolute Gasteiger partial charge is 0.0686 e. The Morgan fingerprint density at radius 1 is 0.432 bits per heavy atom. The third kappa shape index (κ3) is 3.53. The highest BCUT2D eigenvalue weighted by Crippen LogP contribution is 2.47. The van der Waals surface area contributed by atoms with Gasteiger partial charge in [0, 0.05) is 5.41 Å². The summed E-state index contributed by atoms with van der Waals surface area (Å²) in [7, 11) is 0. The van der Waals surface area contributed by atoms with Crippen molar-refractivity contribution in [2.24, 2.45) is 0 Å². The zero-order valence-corrected chi connectivity index (χ0v) is 25.0. The fraction of sp³-hybridized carbons (Fsp3) is 0.0698. The summed E-state index contributed by atoms with van der Waals surface area (Å²) in [6.07, 6.45) is 0. The molecule has 8 aromatic rings. The number of fused-ring (bicyclic) bond motifs is 1. The minimum atomic E-state index is -0.165. The van der Waals surface area contributed by atoms with E-state index in [2.05, 4.69) is 166 Å². The average Bonchev–Trinajstić information content (AvgIpc) is 3.16. The van der Waals surface area contributed by atoms with Crippen molar-refractivity contribution in [3.63, 3.8) is 0 Å². The second-order valence-electron chi connectivity index (χ2n) is 12.8. The van der Waals surface area contributed by atoms with Crippen LogP contribution in [0.2, 0.25) is 0 Å². The van der Waals surface area contributed by atoms with E-state index in [0.717, 1.165) is 0 Å². The van der Waals surface area contributed by atoms with Crippen LogP contribution < -0.4 is 16.4 Å². The summed E-state index contributed by atoms with van der Waals surface area (Å²) in [5.41, 5.74) is 11.9. The van der Waals surface area contributed by atoms with Gasteiger partial charge in [-0.05, 0) is 71.8 Å². The molecular weight excluding hydrogens is 527 g/mol. The number of hydrogen-bond donors (Lipinski definition) is 0. The Hall–Kier alpha value is -5.14. The normalized spacial score (nSPS) is 13.8. The first-order chi connectivity index (χ1) is 21.6. The molecule has 0 aromatic heterocycles. The van der Waals surface area contributed by atoms with Gasteiger partial charge < -0.3 is 0 Å². The molecule has 0 atom stereocenters. The van der Waals surface area contributed by atoms with Crippen LogP contribution in [0.4, 0.5) is 0 Å². The predicted octanol–water partition coefficient (Wildman–Crippen LogP) is 9.07. The molecular formula is C43H31B. The van der Waals surface area contributed by atoms with Gasteiger partial charge in [0.1, 0.15) is 0 Å². The van der Waals surface area contributed by atoms with E-state index < -0.39 is 0 Å². The Morgan fingerprint density at radius 3 is 1.73 bits per heavy atom. The van der Waals surface area contributed by atoms with Crippen LogP contribution in [0.3, 0.4) is 0 Å². The molecule has 0 bridgehead atoms. The molecule has 0 radical (unpaired) electrons. The first-order valence-electron chi connectivity index (χ1n) is 15.7. The van der Waals surface area contributed by atoms with E-state index in [9.17, 15) is 0 Å². The van der Waals surface area contributed by atoms with E-state index in [-0.39, 0.29) is 12.1 Å². The van der Waals surface area contributed by atoms with Gasteiger partial charge in [-0.15, -0.1) is 0 Å². The molecule has 1 heterocycles. The summed E-state index contributed by atoms with van der Waals surface area (Å²) in [6, 6.07) is 56.6. The average molecular weight is 559 g/mol. The van der Waals surface area contributed by atoms with Crippen molar-refractivity contribution in [3.05, 3.63) is 163 Å². The second kappa shape index (κ2) is 9.43. The molecule has 1 heteroatoms. The zero-order valence-electron chi connectivity index (χ0n) is 25.0. The molecule has 0 saturated heterocycles. The van der Waals surface area contributed by atoms with Crippen molar-refractivity contribution in [2.45, 2.75) is 19.3 Å². The SMILES string of the molecule is CC1(C)c2ccccc2B(c2ccccc2)c2cc3c(-c4ccccc4)cc(-c4ccccc4)c4ccc5ccc1c2c5c43. The van der Waals surface area contributed by atoms with Crippen LogP contribution in [-0.2, 0) is 5.41 Å². The van der Waals surface area contributed by atoms with Crippen LogP contribution in [0, 0.1) is 0 Å². The topological polar surface area (TPSA) is 0 Å². The fourth-order valence-electron chi connectivity index (χ4n) is 8.13. The quantitative estimate of drug-likeness (QED) is 0.150. The lowest BCUT2D eigenvalue weighted by Crippen LogP contribution is -2.53. The minimum Gasteiger partial charge on any atom is -0.0686 e. The van der Waals surface area contributed by atoms with Gasteiger partial charge in [0.25, 0.3) is 0 Å². The van der Waals surface area contributed by atoms with Crippen LogP contribution in [0.15, 0.2) is 152 Å². The number of benzene rings is 8. The molecule has 0 saturated carbocycles. The lowest BCUT2D eigenvalue weighted by atomic mass is 9.35. The summed E-state index contributed by atoms with van der Waals surface area (Å²) in [5, 5.41) is 8.13. The van der Waals surface area contributed by atoms with Crippen molar-refractivity contribution in [3.8, 4) is 22.3 Å². The van der Waals surface area contributed by atoms with Gasteiger partial charge in [-0.25, -0.2) is 0 Å². The largest absolute Gasteiger partial charge is 0.242 e. The van der Waals surface area contributed by atoms with E-state index in [0.29, 0.717) is 0 Å². The molecule has 8 aromatic carbocycles. The maximum Gasteiger partial charge on any atom is 0.242 e. The molecule has 206 valence electrons. The molecule has 9 rings (SSSR count). The summed E-state index contributed by atoms with van der Waals surface area (Å²) in [5.74, 6) is 0. The van der Waals surface area contributed by atoms with Gasteiger partial charge in [0.05, 0.1) is 0 Å². The Bertz CT molecular complexity index is 2330. The lowest BCUT2D eigenvalue weighted by molar-refractivity contribution is 0.652. The summed E-state index contributed by atoms with van der Waals surface area (Å²) < 4.78 is 0. The molecule has 0 unspecified atom stereocenters. The Morgan fingerprint density at radius 2 is 1.02 bits per heavy atom. The van der Waals surface area contributed by atoms with Gasteiger partial charge in [-0.2, -0.15) is 0 Å². The van der Waals surface area contributed by atoms with Crippen LogP contribution in [-0.4, -0.2) is 6.71 Å². The van der Waals surface area contributed by atoms with Crippen molar-refractivity contribution in [1.82, 2.24) is 0 Å². The second-order valence-corrected chi connectivity index (χ2v) is 12.8. The van der Waals surface area contributed by atoms with Crippen LogP contribution >= 0.6 is 0 Å². The molecule has 44 heavy (non-hydrogen) atoms. The van der Waals surface area contributed by atoms with Crippen molar-refractivity contribution in [1.29, 1.82) is 0 Å². The van der Waals surface area contributed by atoms with E-state index in [1.54, 1.807) is 0 Å². The molecule has 0 fully saturated rings. The third-order valence-corrected chi connectivity index (χ3v) is 10.1. The van der Waals surface area contributed by atoms with Crippen LogP contribution in [0.25, 0.3) is 54.6 Å². The molecule has 1 aliphatic heterocycles. The maximum atomic E-state index is 2.56. The molecule has 0 aliphatic carbocycles. The minimum absolute atomic E-state index is 0.124. The number of rotatable bonds is 3. The van der Waals surface area contributed by atoms with Crippen molar-refractivity contribution >= 4 is 55.4 Å². The molecule has 0 amide bonds. The highest BCUT2D eigenvalue weighted by molar-refractivity contribution is 6.97. The highest BCUT2D eigenvalue weighted by Gasteiger charge is 2.38. The van der Waals surface area contributed by atoms with Crippen molar-refractivity contribution in [2.75, 3.05) is 0 Å². The lowest BCUT2D eigenvalue weighted by Gasteiger charge is -2.29. The molecule has 0 spiro atoms.